The summed E-state index contributed by atoms with van der Waals surface area (Å²) in [6.07, 6.45) is 3.05. The van der Waals surface area contributed by atoms with E-state index in [1.54, 1.807) is 0 Å². The van der Waals surface area contributed by atoms with Crippen molar-refractivity contribution in [2.75, 3.05) is 23.8 Å². The smallest absolute Gasteiger partial charge is 0.170 e. The van der Waals surface area contributed by atoms with Crippen molar-refractivity contribution in [2.24, 2.45) is 5.73 Å². The Hall–Kier alpha value is -1.90. The maximum Gasteiger partial charge on any atom is 0.170 e. The summed E-state index contributed by atoms with van der Waals surface area (Å²) in [6.45, 7) is 1.49. The van der Waals surface area contributed by atoms with Crippen molar-refractivity contribution in [1.29, 1.82) is 0 Å². The molecule has 0 radical (unpaired) electrons. The lowest BCUT2D eigenvalue weighted by Gasteiger charge is -2.11. The summed E-state index contributed by atoms with van der Waals surface area (Å²) in [6, 6.07) is 15.5. The minimum atomic E-state index is 0.243. The molecule has 5 N–H and O–H groups in total. The van der Waals surface area contributed by atoms with Crippen LogP contribution in [-0.4, -0.2) is 23.4 Å². The van der Waals surface area contributed by atoms with Crippen LogP contribution in [0.3, 0.4) is 0 Å². The molecule has 0 aliphatic rings. The fourth-order valence-electron chi connectivity index (χ4n) is 2.31. The van der Waals surface area contributed by atoms with Crippen molar-refractivity contribution in [3.8, 4) is 5.75 Å². The number of halogens is 1. The lowest BCUT2D eigenvalue weighted by molar-refractivity contribution is 0.305. The van der Waals surface area contributed by atoms with Crippen molar-refractivity contribution in [3.05, 3.63) is 53.0 Å². The molecular formula is C19H23BrN4OS2. The predicted molar refractivity (Wildman–Crippen MR) is 125 cm³/mol. The molecule has 8 heteroatoms. The van der Waals surface area contributed by atoms with E-state index in [0.717, 1.165) is 47.4 Å². The molecule has 2 aromatic carbocycles. The highest BCUT2D eigenvalue weighted by Gasteiger charge is 1.99. The standard InChI is InChI=1S/C19H23BrN4OS2/c20-14-7-9-15(10-8-14)24-19(27)22-11-2-1-3-12-25-17-6-4-5-16(13-17)23-18(21)26/h4-10,13H,1-3,11-12H2,(H3,21,23,26)(H2,22,24,27). The van der Waals surface area contributed by atoms with Crippen LogP contribution in [0.5, 0.6) is 5.75 Å². The molecule has 0 bridgehead atoms. The van der Waals surface area contributed by atoms with Crippen LogP contribution in [0.15, 0.2) is 53.0 Å². The molecule has 0 atom stereocenters. The summed E-state index contributed by atoms with van der Waals surface area (Å²) in [5, 5.41) is 10.1. The van der Waals surface area contributed by atoms with Crippen molar-refractivity contribution >= 4 is 62.0 Å². The Morgan fingerprint density at radius 2 is 1.74 bits per heavy atom. The molecule has 0 unspecified atom stereocenters. The Morgan fingerprint density at radius 1 is 0.963 bits per heavy atom. The van der Waals surface area contributed by atoms with Crippen LogP contribution in [0, 0.1) is 0 Å². The van der Waals surface area contributed by atoms with Gasteiger partial charge in [-0.3, -0.25) is 0 Å². The summed E-state index contributed by atoms with van der Waals surface area (Å²) >= 11 is 13.5. The number of nitrogens with two attached hydrogens (primary N) is 1. The molecule has 0 aliphatic heterocycles. The van der Waals surface area contributed by atoms with Gasteiger partial charge in [-0.25, -0.2) is 0 Å². The zero-order chi connectivity index (χ0) is 19.5. The molecule has 0 saturated carbocycles. The van der Waals surface area contributed by atoms with Gasteiger partial charge in [-0.1, -0.05) is 22.0 Å². The topological polar surface area (TPSA) is 71.3 Å². The third-order valence-corrected chi connectivity index (χ3v) is 4.46. The summed E-state index contributed by atoms with van der Waals surface area (Å²) in [5.74, 6) is 0.800. The number of benzene rings is 2. The van der Waals surface area contributed by atoms with Crippen LogP contribution >= 0.6 is 40.4 Å². The maximum atomic E-state index is 5.76. The van der Waals surface area contributed by atoms with Gasteiger partial charge in [0.05, 0.1) is 6.61 Å². The van der Waals surface area contributed by atoms with Gasteiger partial charge >= 0.3 is 0 Å². The summed E-state index contributed by atoms with van der Waals surface area (Å²) < 4.78 is 6.80. The SMILES string of the molecule is NC(=S)Nc1cccc(OCCCCCNC(=S)Nc2ccc(Br)cc2)c1. The molecule has 0 saturated heterocycles. The zero-order valence-electron chi connectivity index (χ0n) is 14.8. The van der Waals surface area contributed by atoms with Gasteiger partial charge in [0.25, 0.3) is 0 Å². The normalized spacial score (nSPS) is 10.1. The van der Waals surface area contributed by atoms with Crippen LogP contribution in [0.1, 0.15) is 19.3 Å². The van der Waals surface area contributed by atoms with Gasteiger partial charge in [0, 0.05) is 28.5 Å². The Balaban J connectivity index is 1.55. The summed E-state index contributed by atoms with van der Waals surface area (Å²) in [5.41, 5.74) is 7.27. The van der Waals surface area contributed by atoms with Crippen LogP contribution in [0.25, 0.3) is 0 Å². The number of hydrogen-bond donors (Lipinski definition) is 4. The summed E-state index contributed by atoms with van der Waals surface area (Å²) in [4.78, 5) is 0. The van der Waals surface area contributed by atoms with E-state index in [1.807, 2.05) is 48.5 Å². The molecular weight excluding hydrogens is 444 g/mol. The molecule has 5 nitrogen and oxygen atoms in total. The number of anilines is 2. The summed E-state index contributed by atoms with van der Waals surface area (Å²) in [7, 11) is 0. The van der Waals surface area contributed by atoms with Gasteiger partial charge in [-0.2, -0.15) is 0 Å². The fourth-order valence-corrected chi connectivity index (χ4v) is 2.91. The number of thiocarbonyl (C=S) groups is 2. The first kappa shape index (κ1) is 21.4. The van der Waals surface area contributed by atoms with Gasteiger partial charge < -0.3 is 26.4 Å². The zero-order valence-corrected chi connectivity index (χ0v) is 18.1. The minimum absolute atomic E-state index is 0.243. The molecule has 0 aromatic heterocycles. The number of ether oxygens (including phenoxy) is 1. The second-order valence-corrected chi connectivity index (χ2v) is 7.58. The number of rotatable bonds is 9. The molecule has 2 aromatic rings. The van der Waals surface area contributed by atoms with E-state index < -0.39 is 0 Å². The van der Waals surface area contributed by atoms with Crippen molar-refractivity contribution in [2.45, 2.75) is 19.3 Å². The number of hydrogen-bond acceptors (Lipinski definition) is 3. The van der Waals surface area contributed by atoms with Gasteiger partial charge in [-0.05, 0) is 80.1 Å². The fraction of sp³-hybridized carbons (Fsp3) is 0.263. The van der Waals surface area contributed by atoms with Gasteiger partial charge in [-0.15, -0.1) is 0 Å². The first-order chi connectivity index (χ1) is 13.0. The lowest BCUT2D eigenvalue weighted by Crippen LogP contribution is -2.29. The van der Waals surface area contributed by atoms with E-state index in [4.69, 9.17) is 34.9 Å². The van der Waals surface area contributed by atoms with Crippen LogP contribution < -0.4 is 26.4 Å². The Labute approximate surface area is 179 Å². The van der Waals surface area contributed by atoms with E-state index in [9.17, 15) is 0 Å². The molecule has 0 fully saturated rings. The van der Waals surface area contributed by atoms with E-state index in [-0.39, 0.29) is 5.11 Å². The molecule has 0 amide bonds. The lowest BCUT2D eigenvalue weighted by atomic mass is 10.2. The van der Waals surface area contributed by atoms with Crippen LogP contribution in [-0.2, 0) is 0 Å². The number of unbranched alkanes of at least 4 members (excludes halogenated alkanes) is 2. The Bertz CT molecular complexity index is 756. The van der Waals surface area contributed by atoms with Gasteiger partial charge in [0.15, 0.2) is 10.2 Å². The van der Waals surface area contributed by atoms with E-state index >= 15 is 0 Å². The largest absolute Gasteiger partial charge is 0.494 e. The monoisotopic (exact) mass is 466 g/mol. The Kier molecular flexibility index (Phi) is 9.30. The van der Waals surface area contributed by atoms with Crippen molar-refractivity contribution in [3.63, 3.8) is 0 Å². The van der Waals surface area contributed by atoms with Crippen molar-refractivity contribution in [1.82, 2.24) is 5.32 Å². The molecule has 0 aliphatic carbocycles. The molecule has 144 valence electrons. The highest BCUT2D eigenvalue weighted by Crippen LogP contribution is 2.17. The third kappa shape index (κ3) is 9.03. The van der Waals surface area contributed by atoms with E-state index in [2.05, 4.69) is 31.9 Å². The predicted octanol–water partition coefficient (Wildman–Crippen LogP) is 4.64. The first-order valence-electron chi connectivity index (χ1n) is 8.62. The van der Waals surface area contributed by atoms with Gasteiger partial charge in [0.2, 0.25) is 0 Å². The van der Waals surface area contributed by atoms with Gasteiger partial charge in [0.1, 0.15) is 5.75 Å². The van der Waals surface area contributed by atoms with Crippen LogP contribution in [0.4, 0.5) is 11.4 Å². The first-order valence-corrected chi connectivity index (χ1v) is 10.2. The Morgan fingerprint density at radius 3 is 2.48 bits per heavy atom. The molecule has 27 heavy (non-hydrogen) atoms. The molecule has 0 spiro atoms. The average molecular weight is 467 g/mol. The van der Waals surface area contributed by atoms with Crippen LogP contribution in [0.2, 0.25) is 0 Å². The highest BCUT2D eigenvalue weighted by atomic mass is 79.9. The molecule has 2 rings (SSSR count). The maximum absolute atomic E-state index is 5.76. The van der Waals surface area contributed by atoms with E-state index in [1.165, 1.54) is 0 Å². The van der Waals surface area contributed by atoms with E-state index in [0.29, 0.717) is 11.7 Å². The average Bonchev–Trinajstić information content (AvgIpc) is 2.62. The second kappa shape index (κ2) is 11.7. The second-order valence-electron chi connectivity index (χ2n) is 5.81. The quantitative estimate of drug-likeness (QED) is 0.316. The minimum Gasteiger partial charge on any atom is -0.494 e. The highest BCUT2D eigenvalue weighted by molar-refractivity contribution is 9.10. The third-order valence-electron chi connectivity index (χ3n) is 3.58. The number of nitrogens with one attached hydrogen (secondary N) is 3. The van der Waals surface area contributed by atoms with Crippen molar-refractivity contribution < 1.29 is 4.74 Å². The molecule has 0 heterocycles.